The number of sulfonamides is 1. The number of nitrogens with two attached hydrogens (primary N) is 1. The molecule has 1 aliphatic rings. The van der Waals surface area contributed by atoms with Gasteiger partial charge in [0.25, 0.3) is 5.91 Å². The van der Waals surface area contributed by atoms with Crippen LogP contribution in [-0.4, -0.2) is 43.6 Å². The Morgan fingerprint density at radius 2 is 1.77 bits per heavy atom. The third-order valence-corrected chi connectivity index (χ3v) is 6.02. The summed E-state index contributed by atoms with van der Waals surface area (Å²) < 4.78 is 22.8. The zero-order valence-corrected chi connectivity index (χ0v) is 18.0. The van der Waals surface area contributed by atoms with Crippen LogP contribution in [0.5, 0.6) is 0 Å². The first kappa shape index (κ1) is 22.7. The van der Waals surface area contributed by atoms with Gasteiger partial charge in [-0.1, -0.05) is 29.8 Å². The SMILES string of the molecule is C=CCN(C(=O)Cc1ccc(Cl)cc1)C1CC(=O)N(c2ccc(S(N)(=O)=O)cc2)C1=O. The van der Waals surface area contributed by atoms with Crippen LogP contribution in [0, 0.1) is 0 Å². The molecule has 2 aromatic rings. The summed E-state index contributed by atoms with van der Waals surface area (Å²) in [5.41, 5.74) is 0.921. The van der Waals surface area contributed by atoms with Gasteiger partial charge >= 0.3 is 0 Å². The van der Waals surface area contributed by atoms with E-state index in [1.165, 1.54) is 35.2 Å². The highest BCUT2D eigenvalue weighted by molar-refractivity contribution is 7.89. The monoisotopic (exact) mass is 461 g/mol. The van der Waals surface area contributed by atoms with Crippen molar-refractivity contribution in [3.63, 3.8) is 0 Å². The normalized spacial score (nSPS) is 16.5. The van der Waals surface area contributed by atoms with Gasteiger partial charge in [0.1, 0.15) is 6.04 Å². The van der Waals surface area contributed by atoms with Gasteiger partial charge in [-0.05, 0) is 42.0 Å². The van der Waals surface area contributed by atoms with Gasteiger partial charge in [-0.3, -0.25) is 14.4 Å². The fourth-order valence-corrected chi connectivity index (χ4v) is 3.98. The number of anilines is 1. The predicted octanol–water partition coefficient (Wildman–Crippen LogP) is 1.88. The fourth-order valence-electron chi connectivity index (χ4n) is 3.34. The first-order valence-electron chi connectivity index (χ1n) is 9.26. The van der Waals surface area contributed by atoms with Crippen molar-refractivity contribution in [1.29, 1.82) is 0 Å². The van der Waals surface area contributed by atoms with Crippen LogP contribution in [0.4, 0.5) is 5.69 Å². The maximum atomic E-state index is 13.0. The number of rotatable bonds is 7. The quantitative estimate of drug-likeness (QED) is 0.499. The molecular weight excluding hydrogens is 442 g/mol. The maximum absolute atomic E-state index is 13.0. The molecule has 162 valence electrons. The van der Waals surface area contributed by atoms with Crippen molar-refractivity contribution >= 4 is 45.0 Å². The fraction of sp³-hybridized carbons (Fsp3) is 0.190. The van der Waals surface area contributed by atoms with Crippen LogP contribution in [-0.2, 0) is 30.8 Å². The highest BCUT2D eigenvalue weighted by atomic mass is 35.5. The van der Waals surface area contributed by atoms with Crippen molar-refractivity contribution < 1.29 is 22.8 Å². The molecule has 0 spiro atoms. The molecule has 0 radical (unpaired) electrons. The van der Waals surface area contributed by atoms with E-state index in [2.05, 4.69) is 6.58 Å². The van der Waals surface area contributed by atoms with Crippen LogP contribution in [0.1, 0.15) is 12.0 Å². The number of amides is 3. The Morgan fingerprint density at radius 1 is 1.16 bits per heavy atom. The van der Waals surface area contributed by atoms with Crippen molar-refractivity contribution in [2.75, 3.05) is 11.4 Å². The average Bonchev–Trinajstić information content (AvgIpc) is 3.01. The second-order valence-electron chi connectivity index (χ2n) is 6.96. The van der Waals surface area contributed by atoms with Crippen molar-refractivity contribution in [1.82, 2.24) is 4.90 Å². The van der Waals surface area contributed by atoms with Crippen molar-refractivity contribution in [3.05, 3.63) is 71.8 Å². The lowest BCUT2D eigenvalue weighted by Gasteiger charge is -2.26. The summed E-state index contributed by atoms with van der Waals surface area (Å²) in [5, 5.41) is 5.62. The van der Waals surface area contributed by atoms with Gasteiger partial charge in [0.2, 0.25) is 21.8 Å². The van der Waals surface area contributed by atoms with Crippen LogP contribution in [0.2, 0.25) is 5.02 Å². The molecule has 3 rings (SSSR count). The third-order valence-electron chi connectivity index (χ3n) is 4.84. The smallest absolute Gasteiger partial charge is 0.257 e. The molecule has 2 aromatic carbocycles. The molecule has 0 saturated carbocycles. The molecule has 3 amide bonds. The zero-order chi connectivity index (χ0) is 22.8. The van der Waals surface area contributed by atoms with E-state index in [4.69, 9.17) is 16.7 Å². The van der Waals surface area contributed by atoms with Gasteiger partial charge < -0.3 is 4.90 Å². The first-order chi connectivity index (χ1) is 14.6. The number of carbonyl (C=O) groups excluding carboxylic acids is 3. The Labute approximate surface area is 184 Å². The van der Waals surface area contributed by atoms with Gasteiger partial charge in [0.15, 0.2) is 0 Å². The van der Waals surface area contributed by atoms with E-state index in [0.29, 0.717) is 5.02 Å². The Morgan fingerprint density at radius 3 is 2.32 bits per heavy atom. The van der Waals surface area contributed by atoms with E-state index in [1.807, 2.05) is 0 Å². The second kappa shape index (κ2) is 9.01. The van der Waals surface area contributed by atoms with Crippen LogP contribution in [0.3, 0.4) is 0 Å². The van der Waals surface area contributed by atoms with Crippen LogP contribution < -0.4 is 10.0 Å². The summed E-state index contributed by atoms with van der Waals surface area (Å²) in [6.45, 7) is 3.73. The predicted molar refractivity (Wildman–Crippen MR) is 116 cm³/mol. The summed E-state index contributed by atoms with van der Waals surface area (Å²) in [7, 11) is -3.91. The summed E-state index contributed by atoms with van der Waals surface area (Å²) in [4.78, 5) is 40.7. The van der Waals surface area contributed by atoms with E-state index in [0.717, 1.165) is 10.5 Å². The topological polar surface area (TPSA) is 118 Å². The highest BCUT2D eigenvalue weighted by Crippen LogP contribution is 2.27. The summed E-state index contributed by atoms with van der Waals surface area (Å²) in [6, 6.07) is 10.9. The molecule has 1 aliphatic heterocycles. The highest BCUT2D eigenvalue weighted by Gasteiger charge is 2.44. The molecule has 1 heterocycles. The Kier molecular flexibility index (Phi) is 6.59. The zero-order valence-electron chi connectivity index (χ0n) is 16.4. The molecule has 0 aromatic heterocycles. The Balaban J connectivity index is 1.82. The molecule has 0 aliphatic carbocycles. The van der Waals surface area contributed by atoms with Crippen molar-refractivity contribution in [3.8, 4) is 0 Å². The molecular formula is C21H20ClN3O5S. The van der Waals surface area contributed by atoms with Crippen LogP contribution >= 0.6 is 11.6 Å². The molecule has 8 nitrogen and oxygen atoms in total. The molecule has 10 heteroatoms. The Hall–Kier alpha value is -3.01. The molecule has 1 fully saturated rings. The molecule has 0 bridgehead atoms. The van der Waals surface area contributed by atoms with Crippen LogP contribution in [0.15, 0.2) is 66.1 Å². The van der Waals surface area contributed by atoms with E-state index >= 15 is 0 Å². The summed E-state index contributed by atoms with van der Waals surface area (Å²) in [5.74, 6) is -1.40. The van der Waals surface area contributed by atoms with Gasteiger partial charge in [-0.25, -0.2) is 18.5 Å². The largest absolute Gasteiger partial charge is 0.326 e. The van der Waals surface area contributed by atoms with E-state index < -0.39 is 27.9 Å². The first-order valence-corrected chi connectivity index (χ1v) is 11.2. The standard InChI is InChI=1S/C21H20ClN3O5S/c1-2-11-24(19(26)12-14-3-5-15(22)6-4-14)18-13-20(27)25(21(18)28)16-7-9-17(10-8-16)31(23,29)30/h2-10,18H,1,11-13H2,(H2,23,29,30). The molecule has 1 saturated heterocycles. The van der Waals surface area contributed by atoms with Crippen molar-refractivity contribution in [2.45, 2.75) is 23.8 Å². The third kappa shape index (κ3) is 5.01. The van der Waals surface area contributed by atoms with Gasteiger partial charge in [-0.15, -0.1) is 6.58 Å². The summed E-state index contributed by atoms with van der Waals surface area (Å²) >= 11 is 5.87. The number of hydrogen-bond donors (Lipinski definition) is 1. The molecule has 1 atom stereocenters. The lowest BCUT2D eigenvalue weighted by Crippen LogP contribution is -2.46. The number of imide groups is 1. The lowest BCUT2D eigenvalue weighted by atomic mass is 10.1. The lowest BCUT2D eigenvalue weighted by molar-refractivity contribution is -0.137. The molecule has 31 heavy (non-hydrogen) atoms. The number of nitrogens with zero attached hydrogens (tertiary/aromatic N) is 2. The maximum Gasteiger partial charge on any atom is 0.257 e. The minimum atomic E-state index is -3.91. The van der Waals surface area contributed by atoms with Gasteiger partial charge in [0, 0.05) is 11.6 Å². The average molecular weight is 462 g/mol. The molecule has 1 unspecified atom stereocenters. The molecule has 2 N–H and O–H groups in total. The van der Waals surface area contributed by atoms with Crippen LogP contribution in [0.25, 0.3) is 0 Å². The Bertz CT molecular complexity index is 1130. The summed E-state index contributed by atoms with van der Waals surface area (Å²) in [6.07, 6.45) is 1.34. The number of hydrogen-bond acceptors (Lipinski definition) is 5. The van der Waals surface area contributed by atoms with E-state index in [9.17, 15) is 22.8 Å². The minimum Gasteiger partial charge on any atom is -0.326 e. The number of halogens is 1. The van der Waals surface area contributed by atoms with Gasteiger partial charge in [-0.2, -0.15) is 0 Å². The second-order valence-corrected chi connectivity index (χ2v) is 8.96. The number of benzene rings is 2. The van der Waals surface area contributed by atoms with E-state index in [1.54, 1.807) is 24.3 Å². The van der Waals surface area contributed by atoms with E-state index in [-0.39, 0.29) is 35.9 Å². The number of carbonyl (C=O) groups is 3. The minimum absolute atomic E-state index is 0.0338. The number of primary sulfonamides is 1. The van der Waals surface area contributed by atoms with Gasteiger partial charge in [0.05, 0.1) is 23.4 Å². The van der Waals surface area contributed by atoms with Crippen molar-refractivity contribution in [2.24, 2.45) is 5.14 Å².